The van der Waals surface area contributed by atoms with Gasteiger partial charge < -0.3 is 15.3 Å². The summed E-state index contributed by atoms with van der Waals surface area (Å²) in [4.78, 5) is 13.2. The molecule has 0 spiro atoms. The van der Waals surface area contributed by atoms with Gasteiger partial charge in [-0.15, -0.1) is 0 Å². The van der Waals surface area contributed by atoms with Crippen LogP contribution in [0.15, 0.2) is 18.2 Å². The van der Waals surface area contributed by atoms with Crippen molar-refractivity contribution < 1.29 is 9.90 Å². The molecule has 0 unspecified atom stereocenters. The van der Waals surface area contributed by atoms with Crippen molar-refractivity contribution in [2.75, 3.05) is 24.5 Å². The van der Waals surface area contributed by atoms with Gasteiger partial charge in [-0.05, 0) is 24.6 Å². The number of hydrogen-bond donors (Lipinski definition) is 2. The van der Waals surface area contributed by atoms with Crippen LogP contribution in [0.2, 0.25) is 5.02 Å². The lowest BCUT2D eigenvalue weighted by molar-refractivity contribution is -0.120. The molecule has 1 aliphatic heterocycles. The number of amides is 1. The molecule has 2 rings (SSSR count). The standard InChI is InChI=1S/C12H15ClN2O2/c1-8(16)10-3-2-9(6-11(10)13)15-5-4-14-12(17)7-15/h2-3,6,8,16H,4-5,7H2,1H3,(H,14,17)/t8-/m1/s1. The maximum Gasteiger partial charge on any atom is 0.239 e. The summed E-state index contributed by atoms with van der Waals surface area (Å²) in [5, 5.41) is 12.8. The van der Waals surface area contributed by atoms with Crippen molar-refractivity contribution >= 4 is 23.2 Å². The van der Waals surface area contributed by atoms with Crippen LogP contribution in [0.1, 0.15) is 18.6 Å². The first-order valence-corrected chi connectivity index (χ1v) is 5.95. The maximum absolute atomic E-state index is 11.3. The second-order valence-electron chi connectivity index (χ2n) is 4.15. The fourth-order valence-corrected chi connectivity index (χ4v) is 2.24. The molecule has 0 bridgehead atoms. The number of aliphatic hydroxyl groups is 1. The highest BCUT2D eigenvalue weighted by atomic mass is 35.5. The minimum Gasteiger partial charge on any atom is -0.389 e. The molecule has 1 aromatic carbocycles. The van der Waals surface area contributed by atoms with E-state index in [4.69, 9.17) is 11.6 Å². The van der Waals surface area contributed by atoms with Gasteiger partial charge in [-0.2, -0.15) is 0 Å². The Bertz CT molecular complexity index is 435. The summed E-state index contributed by atoms with van der Waals surface area (Å²) in [6, 6.07) is 5.48. The highest BCUT2D eigenvalue weighted by Gasteiger charge is 2.17. The van der Waals surface area contributed by atoms with Gasteiger partial charge in [-0.3, -0.25) is 4.79 Å². The molecule has 1 atom stereocenters. The van der Waals surface area contributed by atoms with Crippen LogP contribution >= 0.6 is 11.6 Å². The SMILES string of the molecule is C[C@@H](O)c1ccc(N2CCNC(=O)C2)cc1Cl. The molecule has 1 amide bonds. The number of anilines is 1. The molecule has 1 aliphatic rings. The lowest BCUT2D eigenvalue weighted by atomic mass is 10.1. The predicted octanol–water partition coefficient (Wildman–Crippen LogP) is 1.33. The first kappa shape index (κ1) is 12.2. The average Bonchev–Trinajstić information content (AvgIpc) is 2.28. The molecular weight excluding hydrogens is 240 g/mol. The van der Waals surface area contributed by atoms with Crippen LogP contribution in [-0.2, 0) is 4.79 Å². The lowest BCUT2D eigenvalue weighted by Gasteiger charge is -2.29. The zero-order valence-corrected chi connectivity index (χ0v) is 10.4. The molecule has 2 N–H and O–H groups in total. The minimum atomic E-state index is -0.582. The molecule has 1 saturated heterocycles. The number of carbonyl (C=O) groups is 1. The Morgan fingerprint density at radius 3 is 2.88 bits per heavy atom. The largest absolute Gasteiger partial charge is 0.389 e. The summed E-state index contributed by atoms with van der Waals surface area (Å²) in [5.74, 6) is 0.0203. The van der Waals surface area contributed by atoms with E-state index in [1.807, 2.05) is 11.0 Å². The van der Waals surface area contributed by atoms with Crippen molar-refractivity contribution in [2.24, 2.45) is 0 Å². The highest BCUT2D eigenvalue weighted by molar-refractivity contribution is 6.31. The van der Waals surface area contributed by atoms with Crippen molar-refractivity contribution in [3.05, 3.63) is 28.8 Å². The Hall–Kier alpha value is -1.26. The summed E-state index contributed by atoms with van der Waals surface area (Å²) < 4.78 is 0. The molecular formula is C12H15ClN2O2. The number of aliphatic hydroxyl groups excluding tert-OH is 1. The molecule has 92 valence electrons. The Balaban J connectivity index is 2.22. The summed E-state index contributed by atoms with van der Waals surface area (Å²) >= 11 is 6.09. The monoisotopic (exact) mass is 254 g/mol. The van der Waals surface area contributed by atoms with Gasteiger partial charge in [-0.1, -0.05) is 17.7 Å². The van der Waals surface area contributed by atoms with Crippen LogP contribution in [0.3, 0.4) is 0 Å². The van der Waals surface area contributed by atoms with Gasteiger partial charge in [0, 0.05) is 23.8 Å². The number of piperazine rings is 1. The smallest absolute Gasteiger partial charge is 0.239 e. The third kappa shape index (κ3) is 2.70. The van der Waals surface area contributed by atoms with Gasteiger partial charge in [0.15, 0.2) is 0 Å². The normalized spacial score (nSPS) is 17.8. The second kappa shape index (κ2) is 4.94. The first-order chi connectivity index (χ1) is 8.08. The van der Waals surface area contributed by atoms with E-state index in [0.29, 0.717) is 23.7 Å². The average molecular weight is 255 g/mol. The first-order valence-electron chi connectivity index (χ1n) is 5.57. The molecule has 0 aromatic heterocycles. The van der Waals surface area contributed by atoms with Gasteiger partial charge in [0.05, 0.1) is 12.6 Å². The van der Waals surface area contributed by atoms with Gasteiger partial charge >= 0.3 is 0 Å². The number of rotatable bonds is 2. The predicted molar refractivity (Wildman–Crippen MR) is 67.3 cm³/mol. The van der Waals surface area contributed by atoms with E-state index in [2.05, 4.69) is 5.32 Å². The number of carbonyl (C=O) groups excluding carboxylic acids is 1. The van der Waals surface area contributed by atoms with E-state index in [1.165, 1.54) is 0 Å². The molecule has 0 radical (unpaired) electrons. The van der Waals surface area contributed by atoms with E-state index in [0.717, 1.165) is 12.2 Å². The Labute approximate surface area is 105 Å². The number of nitrogens with one attached hydrogen (secondary N) is 1. The summed E-state index contributed by atoms with van der Waals surface area (Å²) in [7, 11) is 0. The number of halogens is 1. The number of hydrogen-bond acceptors (Lipinski definition) is 3. The van der Waals surface area contributed by atoms with Crippen LogP contribution < -0.4 is 10.2 Å². The molecule has 1 aromatic rings. The van der Waals surface area contributed by atoms with E-state index in [1.54, 1.807) is 19.1 Å². The van der Waals surface area contributed by atoms with Crippen molar-refractivity contribution in [2.45, 2.75) is 13.0 Å². The molecule has 0 saturated carbocycles. The molecule has 4 nitrogen and oxygen atoms in total. The molecule has 0 aliphatic carbocycles. The van der Waals surface area contributed by atoms with E-state index in [-0.39, 0.29) is 5.91 Å². The van der Waals surface area contributed by atoms with Crippen LogP contribution in [0.5, 0.6) is 0 Å². The maximum atomic E-state index is 11.3. The third-order valence-corrected chi connectivity index (χ3v) is 3.16. The van der Waals surface area contributed by atoms with Crippen molar-refractivity contribution in [1.29, 1.82) is 0 Å². The van der Waals surface area contributed by atoms with Crippen LogP contribution in [0.4, 0.5) is 5.69 Å². The Morgan fingerprint density at radius 2 is 2.29 bits per heavy atom. The third-order valence-electron chi connectivity index (χ3n) is 2.84. The van der Waals surface area contributed by atoms with Gasteiger partial charge in [0.2, 0.25) is 5.91 Å². The Kier molecular flexibility index (Phi) is 3.54. The van der Waals surface area contributed by atoms with E-state index >= 15 is 0 Å². The molecule has 1 fully saturated rings. The van der Waals surface area contributed by atoms with Crippen molar-refractivity contribution in [3.8, 4) is 0 Å². The quantitative estimate of drug-likeness (QED) is 0.837. The lowest BCUT2D eigenvalue weighted by Crippen LogP contribution is -2.47. The van der Waals surface area contributed by atoms with Crippen molar-refractivity contribution in [1.82, 2.24) is 5.32 Å². The van der Waals surface area contributed by atoms with E-state index < -0.39 is 6.10 Å². The van der Waals surface area contributed by atoms with Gasteiger partial charge in [0.25, 0.3) is 0 Å². The summed E-state index contributed by atoms with van der Waals surface area (Å²) in [6.45, 7) is 3.45. The number of nitrogens with zero attached hydrogens (tertiary/aromatic N) is 1. The molecule has 17 heavy (non-hydrogen) atoms. The zero-order chi connectivity index (χ0) is 12.4. The molecule has 1 heterocycles. The zero-order valence-electron chi connectivity index (χ0n) is 9.61. The van der Waals surface area contributed by atoms with Gasteiger partial charge in [0.1, 0.15) is 0 Å². The highest BCUT2D eigenvalue weighted by Crippen LogP contribution is 2.28. The Morgan fingerprint density at radius 1 is 1.53 bits per heavy atom. The molecule has 5 heteroatoms. The van der Waals surface area contributed by atoms with Crippen molar-refractivity contribution in [3.63, 3.8) is 0 Å². The summed E-state index contributed by atoms with van der Waals surface area (Å²) in [5.41, 5.74) is 1.62. The topological polar surface area (TPSA) is 52.6 Å². The van der Waals surface area contributed by atoms with Gasteiger partial charge in [-0.25, -0.2) is 0 Å². The minimum absolute atomic E-state index is 0.0203. The fraction of sp³-hybridized carbons (Fsp3) is 0.417. The summed E-state index contributed by atoms with van der Waals surface area (Å²) in [6.07, 6.45) is -0.582. The number of benzene rings is 1. The van der Waals surface area contributed by atoms with E-state index in [9.17, 15) is 9.90 Å². The van der Waals surface area contributed by atoms with Crippen LogP contribution in [0.25, 0.3) is 0 Å². The fourth-order valence-electron chi connectivity index (χ4n) is 1.91. The second-order valence-corrected chi connectivity index (χ2v) is 4.56. The van der Waals surface area contributed by atoms with Crippen LogP contribution in [0, 0.1) is 0 Å². The van der Waals surface area contributed by atoms with Crippen LogP contribution in [-0.4, -0.2) is 30.6 Å².